The van der Waals surface area contributed by atoms with Crippen LogP contribution < -0.4 is 10.7 Å². The van der Waals surface area contributed by atoms with Crippen LogP contribution in [0.5, 0.6) is 5.75 Å². The van der Waals surface area contributed by atoms with Crippen LogP contribution in [0.2, 0.25) is 0 Å². The van der Waals surface area contributed by atoms with Gasteiger partial charge in [0.25, 0.3) is 5.91 Å². The lowest BCUT2D eigenvalue weighted by Crippen LogP contribution is -2.52. The van der Waals surface area contributed by atoms with Gasteiger partial charge >= 0.3 is 0 Å². The van der Waals surface area contributed by atoms with Crippen LogP contribution in [0.4, 0.5) is 13.2 Å². The summed E-state index contributed by atoms with van der Waals surface area (Å²) in [7, 11) is 0. The molecule has 1 fully saturated rings. The van der Waals surface area contributed by atoms with Gasteiger partial charge in [0.05, 0.1) is 18.1 Å². The normalized spacial score (nSPS) is 22.6. The van der Waals surface area contributed by atoms with Crippen molar-refractivity contribution in [3.05, 3.63) is 62.8 Å². The van der Waals surface area contributed by atoms with Gasteiger partial charge in [0.1, 0.15) is 11.3 Å². The number of aromatic nitrogens is 1. The fourth-order valence-electron chi connectivity index (χ4n) is 4.15. The molecule has 1 aromatic carbocycles. The van der Waals surface area contributed by atoms with Crippen molar-refractivity contribution in [3.63, 3.8) is 0 Å². The Morgan fingerprint density at radius 3 is 2.65 bits per heavy atom. The van der Waals surface area contributed by atoms with Gasteiger partial charge in [-0.2, -0.15) is 0 Å². The van der Waals surface area contributed by atoms with Gasteiger partial charge in [-0.1, -0.05) is 0 Å². The Morgan fingerprint density at radius 2 is 1.97 bits per heavy atom. The Hall–Kier alpha value is -3.14. The number of nitrogens with zero attached hydrogens (tertiary/aromatic N) is 1. The van der Waals surface area contributed by atoms with Crippen molar-refractivity contribution in [1.82, 2.24) is 9.88 Å². The number of rotatable bonds is 3. The maximum Gasteiger partial charge on any atom is 0.257 e. The molecule has 0 aliphatic carbocycles. The van der Waals surface area contributed by atoms with Crippen molar-refractivity contribution in [2.75, 3.05) is 6.61 Å². The highest BCUT2D eigenvalue weighted by Gasteiger charge is 2.49. The van der Waals surface area contributed by atoms with Gasteiger partial charge in [0.15, 0.2) is 29.0 Å². The molecule has 10 heteroatoms. The van der Waals surface area contributed by atoms with Gasteiger partial charge in [-0.15, -0.1) is 0 Å². The summed E-state index contributed by atoms with van der Waals surface area (Å²) < 4.78 is 46.8. The SMILES string of the molecule is C[C@]12CCCO[C@H]1Cn1cc(C(=O)NCc3cc(F)c(F)c(F)c3)c(=O)c(O)c1C2=O. The van der Waals surface area contributed by atoms with Crippen LogP contribution in [0.1, 0.15) is 46.2 Å². The fraction of sp³-hybridized carbons (Fsp3) is 0.381. The molecule has 164 valence electrons. The number of nitrogens with one attached hydrogen (secondary N) is 1. The number of amides is 1. The van der Waals surface area contributed by atoms with Gasteiger partial charge in [-0.25, -0.2) is 13.2 Å². The van der Waals surface area contributed by atoms with Crippen LogP contribution in [0, 0.1) is 22.9 Å². The lowest BCUT2D eigenvalue weighted by molar-refractivity contribution is -0.0740. The van der Waals surface area contributed by atoms with E-state index >= 15 is 0 Å². The van der Waals surface area contributed by atoms with E-state index in [0.29, 0.717) is 19.4 Å². The summed E-state index contributed by atoms with van der Waals surface area (Å²) in [5, 5.41) is 12.7. The summed E-state index contributed by atoms with van der Waals surface area (Å²) in [6.07, 6.45) is 1.92. The van der Waals surface area contributed by atoms with E-state index in [0.717, 1.165) is 18.3 Å². The van der Waals surface area contributed by atoms with Gasteiger partial charge in [-0.3, -0.25) is 14.4 Å². The molecule has 2 atom stereocenters. The smallest absolute Gasteiger partial charge is 0.257 e. The van der Waals surface area contributed by atoms with Gasteiger partial charge in [0, 0.05) is 19.3 Å². The molecule has 2 aliphatic heterocycles. The van der Waals surface area contributed by atoms with Crippen LogP contribution in [0.15, 0.2) is 23.1 Å². The van der Waals surface area contributed by atoms with E-state index in [2.05, 4.69) is 5.32 Å². The molecule has 1 saturated heterocycles. The van der Waals surface area contributed by atoms with Crippen LogP contribution in [-0.4, -0.2) is 34.1 Å². The van der Waals surface area contributed by atoms with E-state index in [-0.39, 0.29) is 17.8 Å². The van der Waals surface area contributed by atoms with Crippen molar-refractivity contribution in [3.8, 4) is 5.75 Å². The van der Waals surface area contributed by atoms with E-state index in [1.165, 1.54) is 4.57 Å². The standard InChI is InChI=1S/C21H19F3N2O5/c1-21-3-2-4-31-14(21)9-26-8-11(17(27)18(28)16(26)19(21)29)20(30)25-7-10-5-12(22)15(24)13(23)6-10/h5-6,8,14,28H,2-4,7,9H2,1H3,(H,25,30)/t14-,21-/m0/s1. The highest BCUT2D eigenvalue weighted by atomic mass is 19.2. The molecular weight excluding hydrogens is 417 g/mol. The van der Waals surface area contributed by atoms with Crippen molar-refractivity contribution in [2.24, 2.45) is 5.41 Å². The number of ketones is 1. The number of hydrogen-bond acceptors (Lipinski definition) is 5. The van der Waals surface area contributed by atoms with E-state index in [1.54, 1.807) is 6.92 Å². The van der Waals surface area contributed by atoms with Crippen molar-refractivity contribution in [2.45, 2.75) is 39.0 Å². The van der Waals surface area contributed by atoms with Crippen LogP contribution >= 0.6 is 0 Å². The van der Waals surface area contributed by atoms with Gasteiger partial charge < -0.3 is 19.7 Å². The summed E-state index contributed by atoms with van der Waals surface area (Å²) in [4.78, 5) is 38.1. The first-order chi connectivity index (χ1) is 14.6. The highest BCUT2D eigenvalue weighted by Crippen LogP contribution is 2.42. The topological polar surface area (TPSA) is 97.6 Å². The van der Waals surface area contributed by atoms with E-state index in [4.69, 9.17) is 4.74 Å². The number of aromatic hydroxyl groups is 1. The molecule has 0 unspecified atom stereocenters. The third kappa shape index (κ3) is 3.40. The summed E-state index contributed by atoms with van der Waals surface area (Å²) in [6, 6.07) is 1.44. The number of carbonyl (C=O) groups excluding carboxylic acids is 2. The van der Waals surface area contributed by atoms with Crippen molar-refractivity contribution in [1.29, 1.82) is 0 Å². The Labute approximate surface area is 174 Å². The van der Waals surface area contributed by atoms with Crippen molar-refractivity contribution < 1.29 is 32.6 Å². The minimum atomic E-state index is -1.63. The molecule has 2 aromatic rings. The highest BCUT2D eigenvalue weighted by molar-refractivity contribution is 6.03. The molecule has 0 bridgehead atoms. The van der Waals surface area contributed by atoms with E-state index < -0.39 is 63.9 Å². The number of ether oxygens (including phenoxy) is 1. The Bertz CT molecular complexity index is 1140. The molecular formula is C21H19F3N2O5. The number of hydrogen-bond donors (Lipinski definition) is 2. The van der Waals surface area contributed by atoms with Crippen LogP contribution in [0.25, 0.3) is 0 Å². The second-order valence-electron chi connectivity index (χ2n) is 7.99. The second kappa shape index (κ2) is 7.52. The second-order valence-corrected chi connectivity index (χ2v) is 7.99. The molecule has 4 rings (SSSR count). The lowest BCUT2D eigenvalue weighted by Gasteiger charge is -2.44. The largest absolute Gasteiger partial charge is 0.503 e. The molecule has 3 heterocycles. The Kier molecular flexibility index (Phi) is 5.12. The third-order valence-corrected chi connectivity index (χ3v) is 5.96. The maximum atomic E-state index is 13.3. The third-order valence-electron chi connectivity index (χ3n) is 5.96. The average Bonchev–Trinajstić information content (AvgIpc) is 2.73. The minimum absolute atomic E-state index is 0.0615. The van der Waals surface area contributed by atoms with Crippen LogP contribution in [0.3, 0.4) is 0 Å². The zero-order valence-corrected chi connectivity index (χ0v) is 16.5. The zero-order valence-electron chi connectivity index (χ0n) is 16.5. The maximum absolute atomic E-state index is 13.3. The average molecular weight is 436 g/mol. The van der Waals surface area contributed by atoms with E-state index in [9.17, 15) is 32.7 Å². The quantitative estimate of drug-likeness (QED) is 0.720. The first-order valence-corrected chi connectivity index (χ1v) is 9.68. The monoisotopic (exact) mass is 436 g/mol. The molecule has 1 aromatic heterocycles. The molecule has 2 aliphatic rings. The fourth-order valence-corrected chi connectivity index (χ4v) is 4.15. The first-order valence-electron chi connectivity index (χ1n) is 9.68. The predicted octanol–water partition coefficient (Wildman–Crippen LogP) is 2.28. The molecule has 31 heavy (non-hydrogen) atoms. The molecule has 1 amide bonds. The molecule has 0 spiro atoms. The summed E-state index contributed by atoms with van der Waals surface area (Å²) in [5.74, 6) is -6.64. The zero-order chi connectivity index (χ0) is 22.5. The number of fused-ring (bicyclic) bond motifs is 2. The van der Waals surface area contributed by atoms with Gasteiger partial charge in [-0.05, 0) is 37.5 Å². The number of carbonyl (C=O) groups is 2. The lowest BCUT2D eigenvalue weighted by atomic mass is 9.71. The Morgan fingerprint density at radius 1 is 1.29 bits per heavy atom. The first kappa shape index (κ1) is 21.1. The summed E-state index contributed by atoms with van der Waals surface area (Å²) in [6.45, 7) is 1.99. The number of pyridine rings is 1. The van der Waals surface area contributed by atoms with Gasteiger partial charge in [0.2, 0.25) is 5.43 Å². The van der Waals surface area contributed by atoms with E-state index in [1.807, 2.05) is 0 Å². The molecule has 0 radical (unpaired) electrons. The predicted molar refractivity (Wildman–Crippen MR) is 101 cm³/mol. The number of Topliss-reactive ketones (excluding diaryl/α,β-unsaturated/α-hetero) is 1. The minimum Gasteiger partial charge on any atom is -0.503 e. The van der Waals surface area contributed by atoms with Crippen LogP contribution in [-0.2, 0) is 17.8 Å². The number of benzene rings is 1. The Balaban J connectivity index is 1.63. The summed E-state index contributed by atoms with van der Waals surface area (Å²) in [5.41, 5.74) is -2.59. The molecule has 7 nitrogen and oxygen atoms in total. The van der Waals surface area contributed by atoms with Crippen molar-refractivity contribution >= 4 is 11.7 Å². The molecule has 0 saturated carbocycles. The molecule has 2 N–H and O–H groups in total. The summed E-state index contributed by atoms with van der Waals surface area (Å²) >= 11 is 0. The number of halogens is 3.